The zero-order chi connectivity index (χ0) is 16.9. The largest absolute Gasteiger partial charge is 0.497 e. The predicted molar refractivity (Wildman–Crippen MR) is 97.4 cm³/mol. The third kappa shape index (κ3) is 4.50. The monoisotopic (exact) mass is 332 g/mol. The van der Waals surface area contributed by atoms with Crippen LogP contribution >= 0.6 is 0 Å². The summed E-state index contributed by atoms with van der Waals surface area (Å²) in [6, 6.07) is 9.86. The number of hydrogen-bond acceptors (Lipinski definition) is 4. The highest BCUT2D eigenvalue weighted by molar-refractivity contribution is 5.28. The molecule has 134 valence electrons. The summed E-state index contributed by atoms with van der Waals surface area (Å²) in [7, 11) is 1.73. The minimum Gasteiger partial charge on any atom is -0.497 e. The van der Waals surface area contributed by atoms with E-state index in [1.807, 2.05) is 6.07 Å². The molecule has 0 unspecified atom stereocenters. The molecular formula is C20H32N2O2. The van der Waals surface area contributed by atoms with E-state index in [2.05, 4.69) is 41.8 Å². The molecule has 4 heteroatoms. The highest BCUT2D eigenvalue weighted by Crippen LogP contribution is 2.26. The highest BCUT2D eigenvalue weighted by Gasteiger charge is 2.36. The van der Waals surface area contributed by atoms with Crippen molar-refractivity contribution in [1.29, 1.82) is 0 Å². The Labute approximate surface area is 146 Å². The van der Waals surface area contributed by atoms with Crippen molar-refractivity contribution in [1.82, 2.24) is 9.80 Å². The minimum absolute atomic E-state index is 0.709. The lowest BCUT2D eigenvalue weighted by atomic mass is 9.97. The lowest BCUT2D eigenvalue weighted by Crippen LogP contribution is -2.62. The third-order valence-electron chi connectivity index (χ3n) is 5.18. The first-order valence-electron chi connectivity index (χ1n) is 9.34. The van der Waals surface area contributed by atoms with Gasteiger partial charge in [0, 0.05) is 51.5 Å². The summed E-state index contributed by atoms with van der Waals surface area (Å²) in [6.45, 7) is 11.1. The number of hydrogen-bond donors (Lipinski definition) is 0. The Morgan fingerprint density at radius 2 is 1.96 bits per heavy atom. The maximum absolute atomic E-state index is 5.56. The van der Waals surface area contributed by atoms with Crippen LogP contribution in [0.25, 0.3) is 0 Å². The van der Waals surface area contributed by atoms with E-state index in [0.717, 1.165) is 31.4 Å². The molecule has 1 aromatic rings. The van der Waals surface area contributed by atoms with Gasteiger partial charge in [0.15, 0.2) is 0 Å². The second-order valence-electron chi connectivity index (χ2n) is 7.63. The summed E-state index contributed by atoms with van der Waals surface area (Å²) in [5.74, 6) is 1.67. The molecule has 0 aliphatic carbocycles. The summed E-state index contributed by atoms with van der Waals surface area (Å²) in [5.41, 5.74) is 1.34. The molecule has 2 saturated heterocycles. The number of rotatable bonds is 7. The summed E-state index contributed by atoms with van der Waals surface area (Å²) >= 11 is 0. The maximum Gasteiger partial charge on any atom is 0.119 e. The average Bonchev–Trinajstić information content (AvgIpc) is 2.57. The standard InChI is InChI=1S/C20H32N2O2/c1-16(2)12-22(18-7-9-24-10-8-18)19-14-21(15-19)13-17-5-4-6-20(11-17)23-3/h4-6,11,16,18-19H,7-10,12-15H2,1-3H3. The first-order chi connectivity index (χ1) is 11.7. The van der Waals surface area contributed by atoms with E-state index in [-0.39, 0.29) is 0 Å². The Kier molecular flexibility index (Phi) is 6.14. The number of nitrogens with zero attached hydrogens (tertiary/aromatic N) is 2. The van der Waals surface area contributed by atoms with Gasteiger partial charge in [-0.25, -0.2) is 0 Å². The van der Waals surface area contributed by atoms with Gasteiger partial charge in [0.2, 0.25) is 0 Å². The van der Waals surface area contributed by atoms with Crippen molar-refractivity contribution >= 4 is 0 Å². The molecule has 0 saturated carbocycles. The number of methoxy groups -OCH3 is 1. The van der Waals surface area contributed by atoms with Gasteiger partial charge in [-0.05, 0) is 36.5 Å². The first-order valence-corrected chi connectivity index (χ1v) is 9.34. The molecule has 0 N–H and O–H groups in total. The Hall–Kier alpha value is -1.10. The van der Waals surface area contributed by atoms with E-state index in [1.165, 1.54) is 38.0 Å². The smallest absolute Gasteiger partial charge is 0.119 e. The molecule has 0 spiro atoms. The molecule has 2 aliphatic rings. The lowest BCUT2D eigenvalue weighted by molar-refractivity contribution is -0.0383. The first kappa shape index (κ1) is 17.7. The second kappa shape index (κ2) is 8.32. The normalized spacial score (nSPS) is 20.5. The van der Waals surface area contributed by atoms with E-state index < -0.39 is 0 Å². The molecule has 0 radical (unpaired) electrons. The molecule has 0 aromatic heterocycles. The summed E-state index contributed by atoms with van der Waals surface area (Å²) < 4.78 is 10.9. The lowest BCUT2D eigenvalue weighted by Gasteiger charge is -2.49. The Bertz CT molecular complexity index is 508. The van der Waals surface area contributed by atoms with Crippen LogP contribution in [0.15, 0.2) is 24.3 Å². The Morgan fingerprint density at radius 1 is 1.21 bits per heavy atom. The molecule has 24 heavy (non-hydrogen) atoms. The highest BCUT2D eigenvalue weighted by atomic mass is 16.5. The van der Waals surface area contributed by atoms with Gasteiger partial charge in [-0.15, -0.1) is 0 Å². The summed E-state index contributed by atoms with van der Waals surface area (Å²) in [4.78, 5) is 5.32. The number of benzene rings is 1. The number of likely N-dealkylation sites (tertiary alicyclic amines) is 1. The molecule has 2 fully saturated rings. The van der Waals surface area contributed by atoms with E-state index in [0.29, 0.717) is 12.1 Å². The fraction of sp³-hybridized carbons (Fsp3) is 0.700. The predicted octanol–water partition coefficient (Wildman–Crippen LogP) is 3.02. The van der Waals surface area contributed by atoms with Crippen LogP contribution in [0.4, 0.5) is 0 Å². The van der Waals surface area contributed by atoms with Crippen molar-refractivity contribution in [2.75, 3.05) is 40.0 Å². The van der Waals surface area contributed by atoms with Crippen LogP contribution in [0.5, 0.6) is 5.75 Å². The van der Waals surface area contributed by atoms with Crippen molar-refractivity contribution in [2.24, 2.45) is 5.92 Å². The van der Waals surface area contributed by atoms with Crippen molar-refractivity contribution < 1.29 is 9.47 Å². The van der Waals surface area contributed by atoms with E-state index in [1.54, 1.807) is 7.11 Å². The fourth-order valence-corrected chi connectivity index (χ4v) is 3.95. The van der Waals surface area contributed by atoms with Gasteiger partial charge in [0.25, 0.3) is 0 Å². The molecule has 3 rings (SSSR count). The van der Waals surface area contributed by atoms with Crippen LogP contribution in [-0.4, -0.2) is 61.8 Å². The van der Waals surface area contributed by atoms with E-state index in [4.69, 9.17) is 9.47 Å². The molecule has 0 bridgehead atoms. The second-order valence-corrected chi connectivity index (χ2v) is 7.63. The maximum atomic E-state index is 5.56. The SMILES string of the molecule is COc1cccc(CN2CC(N(CC(C)C)C3CCOCC3)C2)c1. The Morgan fingerprint density at radius 3 is 2.62 bits per heavy atom. The summed E-state index contributed by atoms with van der Waals surface area (Å²) in [6.07, 6.45) is 2.39. The topological polar surface area (TPSA) is 24.9 Å². The molecular weight excluding hydrogens is 300 g/mol. The fourth-order valence-electron chi connectivity index (χ4n) is 3.95. The zero-order valence-corrected chi connectivity index (χ0v) is 15.4. The molecule has 0 atom stereocenters. The number of ether oxygens (including phenoxy) is 2. The van der Waals surface area contributed by atoms with Gasteiger partial charge in [0.1, 0.15) is 5.75 Å². The van der Waals surface area contributed by atoms with Gasteiger partial charge < -0.3 is 9.47 Å². The quantitative estimate of drug-likeness (QED) is 0.766. The van der Waals surface area contributed by atoms with Crippen LogP contribution in [-0.2, 0) is 11.3 Å². The van der Waals surface area contributed by atoms with Crippen LogP contribution < -0.4 is 4.74 Å². The van der Waals surface area contributed by atoms with Crippen LogP contribution in [0.1, 0.15) is 32.3 Å². The molecule has 1 aromatic carbocycles. The van der Waals surface area contributed by atoms with Crippen LogP contribution in [0.2, 0.25) is 0 Å². The van der Waals surface area contributed by atoms with Crippen molar-refractivity contribution in [3.05, 3.63) is 29.8 Å². The minimum atomic E-state index is 0.709. The van der Waals surface area contributed by atoms with Crippen molar-refractivity contribution in [3.8, 4) is 5.75 Å². The van der Waals surface area contributed by atoms with Crippen LogP contribution in [0.3, 0.4) is 0 Å². The van der Waals surface area contributed by atoms with Gasteiger partial charge in [-0.1, -0.05) is 26.0 Å². The van der Waals surface area contributed by atoms with Gasteiger partial charge in [-0.3, -0.25) is 9.80 Å². The molecule has 2 heterocycles. The van der Waals surface area contributed by atoms with Crippen molar-refractivity contribution in [3.63, 3.8) is 0 Å². The van der Waals surface area contributed by atoms with Crippen LogP contribution in [0, 0.1) is 5.92 Å². The summed E-state index contributed by atoms with van der Waals surface area (Å²) in [5, 5.41) is 0. The molecule has 4 nitrogen and oxygen atoms in total. The zero-order valence-electron chi connectivity index (χ0n) is 15.4. The van der Waals surface area contributed by atoms with E-state index >= 15 is 0 Å². The molecule has 2 aliphatic heterocycles. The third-order valence-corrected chi connectivity index (χ3v) is 5.18. The van der Waals surface area contributed by atoms with Gasteiger partial charge in [-0.2, -0.15) is 0 Å². The van der Waals surface area contributed by atoms with Gasteiger partial charge in [0.05, 0.1) is 7.11 Å². The van der Waals surface area contributed by atoms with Gasteiger partial charge >= 0.3 is 0 Å². The van der Waals surface area contributed by atoms with E-state index in [9.17, 15) is 0 Å². The Balaban J connectivity index is 1.54. The molecule has 0 amide bonds. The van der Waals surface area contributed by atoms with Crippen molar-refractivity contribution in [2.45, 2.75) is 45.3 Å². The average molecular weight is 332 g/mol.